The number of aliphatic hydroxyl groups excluding tert-OH is 1. The van der Waals surface area contributed by atoms with Crippen LogP contribution in [0.3, 0.4) is 0 Å². The number of carbonyl (C=O) groups is 1. The maximum absolute atomic E-state index is 11.9. The van der Waals surface area contributed by atoms with E-state index in [4.69, 9.17) is 14.6 Å². The molecule has 32 heavy (non-hydrogen) atoms. The van der Waals surface area contributed by atoms with Crippen molar-refractivity contribution in [2.75, 3.05) is 14.2 Å². The van der Waals surface area contributed by atoms with E-state index >= 15 is 0 Å². The first kappa shape index (κ1) is 23.0. The SMILES string of the molecule is CCC(=O)c1cc2nccc(-c3ccc(OC)c(OC)c3)n2n1.Cc1ccc(CO)cc1. The van der Waals surface area contributed by atoms with Crippen molar-refractivity contribution in [3.8, 4) is 22.8 Å². The molecular formula is C25H27N3O4. The molecule has 7 heteroatoms. The summed E-state index contributed by atoms with van der Waals surface area (Å²) in [6, 6.07) is 17.0. The summed E-state index contributed by atoms with van der Waals surface area (Å²) in [6.07, 6.45) is 2.11. The summed E-state index contributed by atoms with van der Waals surface area (Å²) in [7, 11) is 3.19. The van der Waals surface area contributed by atoms with Crippen LogP contribution in [0.1, 0.15) is 35.0 Å². The standard InChI is InChI=1S/C17H17N3O3.C8H10O/c1-4-14(21)12-10-17-18-8-7-13(20(17)19-12)11-5-6-15(22-2)16(9-11)23-3;1-7-2-4-8(6-9)5-3-7/h5-10H,4H2,1-3H3;2-5,9H,6H2,1H3. The first-order chi connectivity index (χ1) is 15.5. The minimum Gasteiger partial charge on any atom is -0.493 e. The molecule has 0 bridgehead atoms. The maximum Gasteiger partial charge on any atom is 0.182 e. The van der Waals surface area contributed by atoms with Gasteiger partial charge >= 0.3 is 0 Å². The lowest BCUT2D eigenvalue weighted by atomic mass is 10.1. The van der Waals surface area contributed by atoms with E-state index in [9.17, 15) is 4.79 Å². The number of nitrogens with zero attached hydrogens (tertiary/aromatic N) is 3. The van der Waals surface area contributed by atoms with Crippen LogP contribution in [-0.2, 0) is 6.61 Å². The zero-order valence-corrected chi connectivity index (χ0v) is 18.7. The topological polar surface area (TPSA) is 86.0 Å². The smallest absolute Gasteiger partial charge is 0.182 e. The molecule has 4 rings (SSSR count). The van der Waals surface area contributed by atoms with Crippen molar-refractivity contribution in [1.82, 2.24) is 14.6 Å². The van der Waals surface area contributed by atoms with Gasteiger partial charge in [0.2, 0.25) is 0 Å². The molecule has 0 saturated carbocycles. The highest BCUT2D eigenvalue weighted by Crippen LogP contribution is 2.32. The number of ketones is 1. The third kappa shape index (κ3) is 5.12. The van der Waals surface area contributed by atoms with Gasteiger partial charge in [-0.05, 0) is 36.8 Å². The van der Waals surface area contributed by atoms with Crippen LogP contribution >= 0.6 is 0 Å². The predicted octanol–water partition coefficient (Wildman–Crippen LogP) is 4.49. The normalized spacial score (nSPS) is 10.4. The zero-order valence-electron chi connectivity index (χ0n) is 18.7. The molecule has 2 heterocycles. The Bertz CT molecular complexity index is 1200. The van der Waals surface area contributed by atoms with Gasteiger partial charge in [0.25, 0.3) is 0 Å². The van der Waals surface area contributed by atoms with Gasteiger partial charge in [0.1, 0.15) is 5.69 Å². The minimum absolute atomic E-state index is 0.00578. The number of Topliss-reactive ketones (excluding diaryl/α,β-unsaturated/α-hetero) is 1. The summed E-state index contributed by atoms with van der Waals surface area (Å²) in [5, 5.41) is 13.0. The van der Waals surface area contributed by atoms with Crippen molar-refractivity contribution in [2.24, 2.45) is 0 Å². The second kappa shape index (κ2) is 10.5. The van der Waals surface area contributed by atoms with E-state index in [1.165, 1.54) is 5.56 Å². The second-order valence-electron chi connectivity index (χ2n) is 7.12. The minimum atomic E-state index is -0.00578. The quantitative estimate of drug-likeness (QED) is 0.451. The summed E-state index contributed by atoms with van der Waals surface area (Å²) >= 11 is 0. The molecule has 0 radical (unpaired) electrons. The number of rotatable bonds is 6. The first-order valence-electron chi connectivity index (χ1n) is 10.3. The van der Waals surface area contributed by atoms with Crippen LogP contribution in [0.25, 0.3) is 16.9 Å². The third-order valence-corrected chi connectivity index (χ3v) is 4.95. The molecule has 0 spiro atoms. The van der Waals surface area contributed by atoms with E-state index in [1.807, 2.05) is 62.4 Å². The van der Waals surface area contributed by atoms with Gasteiger partial charge in [-0.15, -0.1) is 0 Å². The molecule has 0 aliphatic carbocycles. The molecule has 2 aromatic heterocycles. The Hall–Kier alpha value is -3.71. The van der Waals surface area contributed by atoms with Crippen LogP contribution in [0.4, 0.5) is 0 Å². The van der Waals surface area contributed by atoms with Gasteiger partial charge in [-0.1, -0.05) is 36.8 Å². The molecule has 0 unspecified atom stereocenters. The average molecular weight is 434 g/mol. The Balaban J connectivity index is 0.000000269. The predicted molar refractivity (Wildman–Crippen MR) is 123 cm³/mol. The number of hydrogen-bond acceptors (Lipinski definition) is 6. The van der Waals surface area contributed by atoms with Gasteiger partial charge < -0.3 is 14.6 Å². The van der Waals surface area contributed by atoms with E-state index < -0.39 is 0 Å². The summed E-state index contributed by atoms with van der Waals surface area (Å²) in [5.74, 6) is 1.28. The van der Waals surface area contributed by atoms with Gasteiger partial charge in [0.15, 0.2) is 22.9 Å². The van der Waals surface area contributed by atoms with Crippen molar-refractivity contribution >= 4 is 11.4 Å². The Morgan fingerprint density at radius 2 is 1.72 bits per heavy atom. The highest BCUT2D eigenvalue weighted by Gasteiger charge is 2.14. The molecule has 7 nitrogen and oxygen atoms in total. The Morgan fingerprint density at radius 1 is 1.00 bits per heavy atom. The molecule has 4 aromatic rings. The van der Waals surface area contributed by atoms with Crippen molar-refractivity contribution in [2.45, 2.75) is 26.9 Å². The molecular weight excluding hydrogens is 406 g/mol. The summed E-state index contributed by atoms with van der Waals surface area (Å²) in [6.45, 7) is 3.98. The lowest BCUT2D eigenvalue weighted by Crippen LogP contribution is -2.00. The monoisotopic (exact) mass is 433 g/mol. The largest absolute Gasteiger partial charge is 0.493 e. The van der Waals surface area contributed by atoms with Crippen LogP contribution < -0.4 is 9.47 Å². The number of fused-ring (bicyclic) bond motifs is 1. The lowest BCUT2D eigenvalue weighted by molar-refractivity contribution is 0.0983. The van der Waals surface area contributed by atoms with E-state index in [2.05, 4.69) is 10.1 Å². The Morgan fingerprint density at radius 3 is 2.34 bits per heavy atom. The van der Waals surface area contributed by atoms with Crippen LogP contribution in [-0.4, -0.2) is 39.7 Å². The van der Waals surface area contributed by atoms with E-state index in [-0.39, 0.29) is 12.4 Å². The number of carbonyl (C=O) groups excluding carboxylic acids is 1. The molecule has 0 atom stereocenters. The highest BCUT2D eigenvalue weighted by molar-refractivity contribution is 5.95. The fraction of sp³-hybridized carbons (Fsp3) is 0.240. The number of ether oxygens (including phenoxy) is 2. The molecule has 0 amide bonds. The fourth-order valence-electron chi connectivity index (χ4n) is 3.12. The van der Waals surface area contributed by atoms with Crippen molar-refractivity contribution in [3.05, 3.63) is 77.6 Å². The number of aromatic nitrogens is 3. The number of benzene rings is 2. The molecule has 0 fully saturated rings. The number of aryl methyl sites for hydroxylation is 1. The van der Waals surface area contributed by atoms with Gasteiger partial charge in [-0.25, -0.2) is 9.50 Å². The van der Waals surface area contributed by atoms with Gasteiger partial charge in [0.05, 0.1) is 26.5 Å². The third-order valence-electron chi connectivity index (χ3n) is 4.95. The Kier molecular flexibility index (Phi) is 7.57. The highest BCUT2D eigenvalue weighted by atomic mass is 16.5. The van der Waals surface area contributed by atoms with Gasteiger partial charge in [-0.3, -0.25) is 4.79 Å². The zero-order chi connectivity index (χ0) is 23.1. The van der Waals surface area contributed by atoms with Gasteiger partial charge in [0, 0.05) is 24.2 Å². The van der Waals surface area contributed by atoms with E-state index in [0.717, 1.165) is 16.8 Å². The lowest BCUT2D eigenvalue weighted by Gasteiger charge is -2.10. The van der Waals surface area contributed by atoms with Crippen molar-refractivity contribution < 1.29 is 19.4 Å². The maximum atomic E-state index is 11.9. The molecule has 0 aliphatic heterocycles. The molecule has 2 aromatic carbocycles. The van der Waals surface area contributed by atoms with Crippen LogP contribution in [0.15, 0.2) is 60.8 Å². The van der Waals surface area contributed by atoms with E-state index in [0.29, 0.717) is 29.3 Å². The average Bonchev–Trinajstić information content (AvgIpc) is 3.28. The van der Waals surface area contributed by atoms with Gasteiger partial charge in [-0.2, -0.15) is 5.10 Å². The molecule has 0 saturated heterocycles. The number of hydrogen-bond donors (Lipinski definition) is 1. The summed E-state index contributed by atoms with van der Waals surface area (Å²) < 4.78 is 12.3. The van der Waals surface area contributed by atoms with Crippen LogP contribution in [0, 0.1) is 6.92 Å². The first-order valence-corrected chi connectivity index (χ1v) is 10.3. The van der Waals surface area contributed by atoms with Crippen LogP contribution in [0.5, 0.6) is 11.5 Å². The second-order valence-corrected chi connectivity index (χ2v) is 7.12. The number of methoxy groups -OCH3 is 2. The van der Waals surface area contributed by atoms with Crippen molar-refractivity contribution in [1.29, 1.82) is 0 Å². The molecule has 1 N–H and O–H groups in total. The van der Waals surface area contributed by atoms with Crippen LogP contribution in [0.2, 0.25) is 0 Å². The Labute approximate surface area is 187 Å². The molecule has 166 valence electrons. The fourth-order valence-corrected chi connectivity index (χ4v) is 3.12. The number of aliphatic hydroxyl groups is 1. The summed E-state index contributed by atoms with van der Waals surface area (Å²) in [5.41, 5.74) is 4.98. The summed E-state index contributed by atoms with van der Waals surface area (Å²) in [4.78, 5) is 16.1. The molecule has 0 aliphatic rings. The van der Waals surface area contributed by atoms with Crippen molar-refractivity contribution in [3.63, 3.8) is 0 Å². The van der Waals surface area contributed by atoms with E-state index in [1.54, 1.807) is 31.0 Å².